The van der Waals surface area contributed by atoms with Crippen molar-refractivity contribution >= 4 is 17.7 Å². The second-order valence-electron chi connectivity index (χ2n) is 9.90. The second kappa shape index (κ2) is 12.8. The van der Waals surface area contributed by atoms with Crippen molar-refractivity contribution < 1.29 is 24.2 Å². The number of Topliss-reactive ketones (excluding diaryl/α,β-unsaturated/α-hetero) is 1. The summed E-state index contributed by atoms with van der Waals surface area (Å²) >= 11 is 0. The Morgan fingerprint density at radius 2 is 1.68 bits per heavy atom. The number of carbonyl (C=O) groups is 3. The van der Waals surface area contributed by atoms with E-state index in [-0.39, 0.29) is 29.5 Å². The number of carboxylic acid groups (broad SMARTS) is 1. The Labute approximate surface area is 188 Å². The molecule has 1 rings (SSSR count). The van der Waals surface area contributed by atoms with E-state index in [1.807, 2.05) is 20.8 Å². The van der Waals surface area contributed by atoms with Crippen LogP contribution in [0.2, 0.25) is 0 Å². The maximum absolute atomic E-state index is 12.7. The van der Waals surface area contributed by atoms with Crippen LogP contribution in [0.1, 0.15) is 87.0 Å². The molecule has 0 aromatic carbocycles. The molecule has 5 nitrogen and oxygen atoms in total. The molecule has 0 saturated heterocycles. The first-order valence-electron chi connectivity index (χ1n) is 11.7. The van der Waals surface area contributed by atoms with Crippen LogP contribution in [0.15, 0.2) is 23.3 Å². The molecule has 1 aliphatic rings. The second-order valence-corrected chi connectivity index (χ2v) is 9.90. The summed E-state index contributed by atoms with van der Waals surface area (Å²) in [6, 6.07) is 0. The molecule has 5 heteroatoms. The number of carboxylic acids is 1. The van der Waals surface area contributed by atoms with Gasteiger partial charge in [0.2, 0.25) is 0 Å². The monoisotopic (exact) mass is 434 g/mol. The van der Waals surface area contributed by atoms with Crippen molar-refractivity contribution in [2.75, 3.05) is 0 Å². The summed E-state index contributed by atoms with van der Waals surface area (Å²) < 4.78 is 5.71. The van der Waals surface area contributed by atoms with Crippen LogP contribution in [0.3, 0.4) is 0 Å². The molecule has 0 saturated carbocycles. The molecule has 0 amide bonds. The summed E-state index contributed by atoms with van der Waals surface area (Å²) in [5.74, 6) is -1.34. The molecule has 0 aromatic heterocycles. The number of hydrogen-bond acceptors (Lipinski definition) is 4. The normalized spacial score (nSPS) is 34.9. The van der Waals surface area contributed by atoms with Gasteiger partial charge in [-0.05, 0) is 76.2 Å². The maximum atomic E-state index is 12.7. The zero-order valence-electron chi connectivity index (χ0n) is 20.4. The lowest BCUT2D eigenvalue weighted by atomic mass is 9.88. The van der Waals surface area contributed by atoms with Crippen molar-refractivity contribution in [1.82, 2.24) is 0 Å². The minimum Gasteiger partial charge on any atom is -0.481 e. The third-order valence-corrected chi connectivity index (χ3v) is 6.33. The van der Waals surface area contributed by atoms with Crippen molar-refractivity contribution in [2.24, 2.45) is 29.6 Å². The van der Waals surface area contributed by atoms with Gasteiger partial charge in [-0.25, -0.2) is 0 Å². The standard InChI is InChI=1S/C26H42O5/c1-16-8-10-23(27)20(5)14-18(3)13-17(2)9-11-24(22(7)25(28)29)31-26(30)21(6)15-19(4)12-16/h12,14,16-18,21-22,24H,8-11,13,15H2,1-7H3,(H,28,29)/b19-12+,20-14+/t16-,17+,18-,21+,22-,24+/m1/s1. The zero-order chi connectivity index (χ0) is 23.7. The van der Waals surface area contributed by atoms with Crippen molar-refractivity contribution in [3.05, 3.63) is 23.3 Å². The van der Waals surface area contributed by atoms with Gasteiger partial charge in [0.25, 0.3) is 0 Å². The maximum Gasteiger partial charge on any atom is 0.309 e. The predicted octanol–water partition coefficient (Wildman–Crippen LogP) is 5.98. The summed E-state index contributed by atoms with van der Waals surface area (Å²) in [6.07, 6.45) is 7.63. The minimum atomic E-state index is -0.949. The van der Waals surface area contributed by atoms with Crippen LogP contribution < -0.4 is 0 Å². The van der Waals surface area contributed by atoms with Crippen molar-refractivity contribution in [2.45, 2.75) is 93.1 Å². The number of aliphatic carboxylic acids is 1. The lowest BCUT2D eigenvalue weighted by Crippen LogP contribution is -2.33. The Morgan fingerprint density at radius 3 is 2.29 bits per heavy atom. The largest absolute Gasteiger partial charge is 0.481 e. The number of hydrogen-bond donors (Lipinski definition) is 1. The van der Waals surface area contributed by atoms with E-state index < -0.39 is 18.0 Å². The number of ether oxygens (including phenoxy) is 1. The molecule has 1 heterocycles. The Balaban J connectivity index is 3.09. The first-order valence-corrected chi connectivity index (χ1v) is 11.7. The Bertz CT molecular complexity index is 690. The van der Waals surface area contributed by atoms with Gasteiger partial charge in [0.15, 0.2) is 5.78 Å². The first kappa shape index (κ1) is 27.1. The van der Waals surface area contributed by atoms with Crippen LogP contribution in [0.4, 0.5) is 0 Å². The van der Waals surface area contributed by atoms with Gasteiger partial charge in [-0.2, -0.15) is 0 Å². The smallest absolute Gasteiger partial charge is 0.309 e. The fraction of sp³-hybridized carbons (Fsp3) is 0.731. The van der Waals surface area contributed by atoms with Crippen LogP contribution in [-0.4, -0.2) is 28.9 Å². The molecule has 1 N–H and O–H groups in total. The van der Waals surface area contributed by atoms with E-state index in [1.54, 1.807) is 6.92 Å². The quantitative estimate of drug-likeness (QED) is 0.427. The van der Waals surface area contributed by atoms with E-state index in [1.165, 1.54) is 0 Å². The van der Waals surface area contributed by atoms with Gasteiger partial charge in [-0.3, -0.25) is 14.4 Å². The predicted molar refractivity (Wildman–Crippen MR) is 124 cm³/mol. The highest BCUT2D eigenvalue weighted by molar-refractivity contribution is 5.94. The molecule has 0 spiro atoms. The van der Waals surface area contributed by atoms with Gasteiger partial charge < -0.3 is 9.84 Å². The molecule has 1 aliphatic heterocycles. The third-order valence-electron chi connectivity index (χ3n) is 6.33. The van der Waals surface area contributed by atoms with Gasteiger partial charge in [-0.15, -0.1) is 0 Å². The van der Waals surface area contributed by atoms with Gasteiger partial charge in [0.1, 0.15) is 6.10 Å². The lowest BCUT2D eigenvalue weighted by Gasteiger charge is -2.25. The fourth-order valence-electron chi connectivity index (χ4n) is 4.38. The fourth-order valence-corrected chi connectivity index (χ4v) is 4.38. The summed E-state index contributed by atoms with van der Waals surface area (Å²) in [5.41, 5.74) is 1.91. The number of allylic oxidation sites excluding steroid dienone is 4. The van der Waals surface area contributed by atoms with Crippen LogP contribution in [0, 0.1) is 29.6 Å². The minimum absolute atomic E-state index is 0.200. The molecule has 176 valence electrons. The van der Waals surface area contributed by atoms with E-state index in [0.717, 1.165) is 30.4 Å². The molecule has 31 heavy (non-hydrogen) atoms. The van der Waals surface area contributed by atoms with Crippen molar-refractivity contribution in [3.8, 4) is 0 Å². The summed E-state index contributed by atoms with van der Waals surface area (Å²) in [4.78, 5) is 36.8. The van der Waals surface area contributed by atoms with Crippen LogP contribution in [0.25, 0.3) is 0 Å². The molecular weight excluding hydrogens is 392 g/mol. The first-order chi connectivity index (χ1) is 14.4. The van der Waals surface area contributed by atoms with Gasteiger partial charge in [0.05, 0.1) is 11.8 Å². The topological polar surface area (TPSA) is 80.7 Å². The van der Waals surface area contributed by atoms with E-state index in [4.69, 9.17) is 4.74 Å². The highest BCUT2D eigenvalue weighted by Crippen LogP contribution is 2.26. The average molecular weight is 435 g/mol. The number of ketones is 1. The van der Waals surface area contributed by atoms with Crippen LogP contribution in [0.5, 0.6) is 0 Å². The summed E-state index contributed by atoms with van der Waals surface area (Å²) in [6.45, 7) is 13.7. The lowest BCUT2D eigenvalue weighted by molar-refractivity contribution is -0.161. The molecular formula is C26H42O5. The van der Waals surface area contributed by atoms with Gasteiger partial charge >= 0.3 is 11.9 Å². The molecule has 0 radical (unpaired) electrons. The van der Waals surface area contributed by atoms with E-state index in [0.29, 0.717) is 25.2 Å². The molecule has 0 aliphatic carbocycles. The van der Waals surface area contributed by atoms with Gasteiger partial charge in [0, 0.05) is 6.42 Å². The molecule has 0 bridgehead atoms. The summed E-state index contributed by atoms with van der Waals surface area (Å²) in [5, 5.41) is 9.48. The van der Waals surface area contributed by atoms with E-state index >= 15 is 0 Å². The molecule has 0 fully saturated rings. The molecule has 0 aromatic rings. The Kier molecular flexibility index (Phi) is 11.2. The average Bonchev–Trinajstić information content (AvgIpc) is 2.67. The van der Waals surface area contributed by atoms with Gasteiger partial charge in [-0.1, -0.05) is 45.4 Å². The van der Waals surface area contributed by atoms with Crippen LogP contribution >= 0.6 is 0 Å². The third kappa shape index (κ3) is 9.84. The van der Waals surface area contributed by atoms with Crippen molar-refractivity contribution in [1.29, 1.82) is 0 Å². The van der Waals surface area contributed by atoms with Crippen LogP contribution in [-0.2, 0) is 19.1 Å². The van der Waals surface area contributed by atoms with E-state index in [9.17, 15) is 19.5 Å². The molecule has 6 atom stereocenters. The SMILES string of the molecule is C/C1=C\[C@H](C)CCC(=O)/C(C)=C/[C@H](C)C[C@@H](C)CC[C@@H]([C@@H](C)C(=O)O)OC(=O)[C@@H](C)C1. The highest BCUT2D eigenvalue weighted by atomic mass is 16.5. The zero-order valence-corrected chi connectivity index (χ0v) is 20.4. The Hall–Kier alpha value is -1.91. The van der Waals surface area contributed by atoms with Crippen molar-refractivity contribution in [3.63, 3.8) is 0 Å². The summed E-state index contributed by atoms with van der Waals surface area (Å²) in [7, 11) is 0. The number of esters is 1. The number of cyclic esters (lactones) is 1. The van der Waals surface area contributed by atoms with E-state index in [2.05, 4.69) is 32.9 Å². The molecule has 0 unspecified atom stereocenters. The number of rotatable bonds is 2. The highest BCUT2D eigenvalue weighted by Gasteiger charge is 2.29. The number of carbonyl (C=O) groups excluding carboxylic acids is 2. The Morgan fingerprint density at radius 1 is 1.03 bits per heavy atom.